The van der Waals surface area contributed by atoms with Crippen LogP contribution in [0.25, 0.3) is 0 Å². The Morgan fingerprint density at radius 2 is 2.16 bits per heavy atom. The zero-order valence-electron chi connectivity index (χ0n) is 11.1. The second-order valence-corrected chi connectivity index (χ2v) is 4.69. The second kappa shape index (κ2) is 5.38. The predicted molar refractivity (Wildman–Crippen MR) is 69.6 cm³/mol. The molecule has 1 aliphatic heterocycles. The Kier molecular flexibility index (Phi) is 3.83. The second-order valence-electron chi connectivity index (χ2n) is 4.69. The highest BCUT2D eigenvalue weighted by atomic mass is 16.2. The van der Waals surface area contributed by atoms with Gasteiger partial charge in [0.2, 0.25) is 0 Å². The molecule has 0 saturated carbocycles. The summed E-state index contributed by atoms with van der Waals surface area (Å²) in [5.74, 6) is 0. The van der Waals surface area contributed by atoms with Crippen LogP contribution in [0, 0.1) is 11.3 Å². The molecule has 1 N–H and O–H groups in total. The maximum absolute atomic E-state index is 11.8. The van der Waals surface area contributed by atoms with E-state index in [1.165, 1.54) is 17.7 Å². The van der Waals surface area contributed by atoms with Gasteiger partial charge >= 0.3 is 5.69 Å². The van der Waals surface area contributed by atoms with Crippen LogP contribution in [0.1, 0.15) is 5.69 Å². The number of hydrogen-bond donors (Lipinski definition) is 1. The maximum atomic E-state index is 11.8. The summed E-state index contributed by atoms with van der Waals surface area (Å²) in [5.41, 5.74) is -0.0249. The lowest BCUT2D eigenvalue weighted by molar-refractivity contribution is 0.184. The molecular weight excluding hydrogens is 246 g/mol. The average molecular weight is 263 g/mol. The van der Waals surface area contributed by atoms with Gasteiger partial charge in [-0.15, -0.1) is 0 Å². The predicted octanol–water partition coefficient (Wildman–Crippen LogP) is -1.62. The Balaban J connectivity index is 2.31. The number of piperazine rings is 1. The van der Waals surface area contributed by atoms with Gasteiger partial charge in [-0.3, -0.25) is 18.8 Å². The Morgan fingerprint density at radius 3 is 2.84 bits per heavy atom. The van der Waals surface area contributed by atoms with Crippen LogP contribution >= 0.6 is 0 Å². The van der Waals surface area contributed by atoms with E-state index in [0.29, 0.717) is 18.8 Å². The summed E-state index contributed by atoms with van der Waals surface area (Å²) in [5, 5.41) is 12.2. The van der Waals surface area contributed by atoms with Gasteiger partial charge in [0.1, 0.15) is 6.04 Å². The van der Waals surface area contributed by atoms with E-state index in [4.69, 9.17) is 5.26 Å². The highest BCUT2D eigenvalue weighted by Gasteiger charge is 2.22. The largest absolute Gasteiger partial charge is 0.330 e. The van der Waals surface area contributed by atoms with Gasteiger partial charge in [0.05, 0.1) is 6.07 Å². The SMILES string of the molecule is Cn1c(CN2CCNCC2C#N)cc(=O)n(C)c1=O. The van der Waals surface area contributed by atoms with Crippen molar-refractivity contribution in [2.45, 2.75) is 12.6 Å². The first-order valence-electron chi connectivity index (χ1n) is 6.15. The lowest BCUT2D eigenvalue weighted by atomic mass is 10.2. The topological polar surface area (TPSA) is 83.1 Å². The van der Waals surface area contributed by atoms with Crippen LogP contribution in [0.3, 0.4) is 0 Å². The molecule has 1 fully saturated rings. The Bertz CT molecular complexity index is 624. The van der Waals surface area contributed by atoms with Gasteiger partial charge in [0.25, 0.3) is 5.56 Å². The summed E-state index contributed by atoms with van der Waals surface area (Å²) in [7, 11) is 3.10. The Labute approximate surface area is 110 Å². The fourth-order valence-electron chi connectivity index (χ4n) is 2.20. The van der Waals surface area contributed by atoms with Crippen molar-refractivity contribution in [3.05, 3.63) is 32.6 Å². The summed E-state index contributed by atoms with van der Waals surface area (Å²) < 4.78 is 2.53. The van der Waals surface area contributed by atoms with Crippen LogP contribution in [0.5, 0.6) is 0 Å². The Hall–Kier alpha value is -1.91. The summed E-state index contributed by atoms with van der Waals surface area (Å²) in [6.45, 7) is 2.57. The molecule has 19 heavy (non-hydrogen) atoms. The summed E-state index contributed by atoms with van der Waals surface area (Å²) in [6, 6.07) is 3.45. The average Bonchev–Trinajstić information content (AvgIpc) is 2.43. The maximum Gasteiger partial charge on any atom is 0.330 e. The van der Waals surface area contributed by atoms with E-state index in [9.17, 15) is 9.59 Å². The number of hydrogen-bond acceptors (Lipinski definition) is 5. The molecule has 7 nitrogen and oxygen atoms in total. The van der Waals surface area contributed by atoms with Crippen molar-refractivity contribution in [1.29, 1.82) is 5.26 Å². The first kappa shape index (κ1) is 13.5. The van der Waals surface area contributed by atoms with Crippen LogP contribution in [0.2, 0.25) is 0 Å². The molecular formula is C12H17N5O2. The van der Waals surface area contributed by atoms with Crippen LogP contribution < -0.4 is 16.6 Å². The molecule has 1 aromatic heterocycles. The van der Waals surface area contributed by atoms with Gasteiger partial charge in [-0.1, -0.05) is 0 Å². The fraction of sp³-hybridized carbons (Fsp3) is 0.583. The number of rotatable bonds is 2. The number of nitrogens with zero attached hydrogens (tertiary/aromatic N) is 4. The quantitative estimate of drug-likeness (QED) is 0.693. The summed E-state index contributed by atoms with van der Waals surface area (Å²) >= 11 is 0. The van der Waals surface area contributed by atoms with E-state index in [-0.39, 0.29) is 17.3 Å². The zero-order valence-corrected chi connectivity index (χ0v) is 11.1. The molecule has 1 saturated heterocycles. The molecule has 0 aromatic carbocycles. The lowest BCUT2D eigenvalue weighted by Gasteiger charge is -2.32. The molecule has 1 aliphatic rings. The first-order valence-corrected chi connectivity index (χ1v) is 6.15. The minimum absolute atomic E-state index is 0.229. The van der Waals surface area contributed by atoms with Gasteiger partial charge in [0, 0.05) is 52.0 Å². The minimum Gasteiger partial charge on any atom is -0.313 e. The summed E-state index contributed by atoms with van der Waals surface area (Å²) in [6.07, 6.45) is 0. The van der Waals surface area contributed by atoms with Gasteiger partial charge < -0.3 is 5.32 Å². The van der Waals surface area contributed by atoms with Crippen molar-refractivity contribution in [3.63, 3.8) is 0 Å². The molecule has 0 spiro atoms. The van der Waals surface area contributed by atoms with Gasteiger partial charge in [-0.2, -0.15) is 5.26 Å². The third-order valence-corrected chi connectivity index (χ3v) is 3.49. The molecule has 0 radical (unpaired) electrons. The molecule has 2 rings (SSSR count). The number of aromatic nitrogens is 2. The lowest BCUT2D eigenvalue weighted by Crippen LogP contribution is -2.51. The fourth-order valence-corrected chi connectivity index (χ4v) is 2.20. The van der Waals surface area contributed by atoms with Gasteiger partial charge in [0.15, 0.2) is 0 Å². The molecule has 2 heterocycles. The first-order chi connectivity index (χ1) is 9.04. The normalized spacial score (nSPS) is 20.2. The van der Waals surface area contributed by atoms with Crippen LogP contribution in [0.4, 0.5) is 0 Å². The van der Waals surface area contributed by atoms with Crippen molar-refractivity contribution in [3.8, 4) is 6.07 Å². The third-order valence-electron chi connectivity index (χ3n) is 3.49. The smallest absolute Gasteiger partial charge is 0.313 e. The summed E-state index contributed by atoms with van der Waals surface area (Å²) in [4.78, 5) is 25.5. The van der Waals surface area contributed by atoms with Crippen LogP contribution in [-0.2, 0) is 20.6 Å². The standard InChI is InChI=1S/C12H17N5O2/c1-15-9(5-11(18)16(2)12(15)19)8-17-4-3-14-7-10(17)6-13/h5,10,14H,3-4,7-8H2,1-2H3. The molecule has 1 aromatic rings. The van der Waals surface area contributed by atoms with Crippen molar-refractivity contribution < 1.29 is 0 Å². The van der Waals surface area contributed by atoms with Gasteiger partial charge in [-0.05, 0) is 0 Å². The number of nitriles is 1. The van der Waals surface area contributed by atoms with Crippen molar-refractivity contribution in [1.82, 2.24) is 19.4 Å². The molecule has 102 valence electrons. The zero-order chi connectivity index (χ0) is 14.0. The Morgan fingerprint density at radius 1 is 1.42 bits per heavy atom. The molecule has 7 heteroatoms. The highest BCUT2D eigenvalue weighted by Crippen LogP contribution is 2.07. The van der Waals surface area contributed by atoms with Crippen molar-refractivity contribution in [2.75, 3.05) is 19.6 Å². The molecule has 0 amide bonds. The molecule has 0 bridgehead atoms. The van der Waals surface area contributed by atoms with Gasteiger partial charge in [-0.25, -0.2) is 4.79 Å². The van der Waals surface area contributed by atoms with Crippen molar-refractivity contribution in [2.24, 2.45) is 14.1 Å². The van der Waals surface area contributed by atoms with Crippen LogP contribution in [0.15, 0.2) is 15.7 Å². The molecule has 1 atom stereocenters. The highest BCUT2D eigenvalue weighted by molar-refractivity contribution is 5.05. The number of nitrogens with one attached hydrogen (secondary N) is 1. The van der Waals surface area contributed by atoms with E-state index in [2.05, 4.69) is 11.4 Å². The molecule has 0 aliphatic carbocycles. The molecule has 1 unspecified atom stereocenters. The third kappa shape index (κ3) is 2.59. The van der Waals surface area contributed by atoms with E-state index in [1.54, 1.807) is 7.05 Å². The monoisotopic (exact) mass is 263 g/mol. The minimum atomic E-state index is -0.342. The van der Waals surface area contributed by atoms with E-state index >= 15 is 0 Å². The van der Waals surface area contributed by atoms with Crippen molar-refractivity contribution >= 4 is 0 Å². The van der Waals surface area contributed by atoms with E-state index in [1.807, 2.05) is 4.90 Å². The van der Waals surface area contributed by atoms with Crippen LogP contribution in [-0.4, -0.2) is 39.7 Å². The van der Waals surface area contributed by atoms with E-state index < -0.39 is 0 Å². The van der Waals surface area contributed by atoms with E-state index in [0.717, 1.165) is 17.7 Å².